The molecule has 1 aliphatic heterocycles. The van der Waals surface area contributed by atoms with E-state index < -0.39 is 0 Å². The van der Waals surface area contributed by atoms with Gasteiger partial charge in [0.1, 0.15) is 0 Å². The quantitative estimate of drug-likeness (QED) is 0.901. The van der Waals surface area contributed by atoms with Crippen molar-refractivity contribution in [2.24, 2.45) is 5.92 Å². The van der Waals surface area contributed by atoms with Gasteiger partial charge in [-0.25, -0.2) is 4.98 Å². The normalized spacial score (nSPS) is 24.2. The molecule has 2 atom stereocenters. The number of aromatic nitrogens is 1. The average molecular weight is 283 g/mol. The molecule has 2 rings (SSSR count). The van der Waals surface area contributed by atoms with Crippen molar-refractivity contribution >= 4 is 16.5 Å². The number of hydrogen-bond donors (Lipinski definition) is 1. The first-order chi connectivity index (χ1) is 9.04. The average Bonchev–Trinajstić information content (AvgIpc) is 2.76. The maximum atomic E-state index is 5.76. The summed E-state index contributed by atoms with van der Waals surface area (Å²) in [5.74, 6) is 0.688. The summed E-state index contributed by atoms with van der Waals surface area (Å²) in [7, 11) is 0. The van der Waals surface area contributed by atoms with Gasteiger partial charge in [-0.05, 0) is 26.3 Å². The minimum atomic E-state index is 0.287. The number of hydrogen-bond acceptors (Lipinski definition) is 5. The lowest BCUT2D eigenvalue weighted by atomic mass is 10.2. The maximum Gasteiger partial charge on any atom is 0.185 e. The van der Waals surface area contributed by atoms with Crippen molar-refractivity contribution < 1.29 is 4.74 Å². The molecule has 1 aromatic heterocycles. The fourth-order valence-electron chi connectivity index (χ4n) is 2.34. The van der Waals surface area contributed by atoms with E-state index in [0.717, 1.165) is 31.3 Å². The molecule has 1 aromatic rings. The van der Waals surface area contributed by atoms with Gasteiger partial charge >= 0.3 is 0 Å². The van der Waals surface area contributed by atoms with E-state index in [0.29, 0.717) is 5.92 Å². The molecule has 0 bridgehead atoms. The lowest BCUT2D eigenvalue weighted by Crippen LogP contribution is -2.45. The van der Waals surface area contributed by atoms with Gasteiger partial charge in [0.15, 0.2) is 5.13 Å². The van der Waals surface area contributed by atoms with Gasteiger partial charge in [-0.1, -0.05) is 13.8 Å². The first kappa shape index (κ1) is 14.8. The molecule has 1 aliphatic rings. The summed E-state index contributed by atoms with van der Waals surface area (Å²) in [6, 6.07) is 0. The molecule has 19 heavy (non-hydrogen) atoms. The van der Waals surface area contributed by atoms with Crippen LogP contribution < -0.4 is 10.2 Å². The number of rotatable bonds is 5. The molecule has 108 valence electrons. The van der Waals surface area contributed by atoms with Crippen LogP contribution in [-0.2, 0) is 11.3 Å². The first-order valence-corrected chi connectivity index (χ1v) is 7.92. The van der Waals surface area contributed by atoms with Crippen LogP contribution in [0.4, 0.5) is 5.13 Å². The molecule has 1 saturated heterocycles. The number of nitrogens with one attached hydrogen (secondary N) is 1. The van der Waals surface area contributed by atoms with E-state index in [1.807, 2.05) is 6.20 Å². The van der Waals surface area contributed by atoms with Crippen LogP contribution in [0.3, 0.4) is 0 Å². The van der Waals surface area contributed by atoms with E-state index >= 15 is 0 Å². The molecule has 0 unspecified atom stereocenters. The van der Waals surface area contributed by atoms with E-state index in [9.17, 15) is 0 Å². The largest absolute Gasteiger partial charge is 0.372 e. The Hall–Kier alpha value is -0.650. The van der Waals surface area contributed by atoms with E-state index in [2.05, 4.69) is 42.9 Å². The highest BCUT2D eigenvalue weighted by Crippen LogP contribution is 2.25. The number of anilines is 1. The summed E-state index contributed by atoms with van der Waals surface area (Å²) in [5.41, 5.74) is 0. The van der Waals surface area contributed by atoms with E-state index in [1.165, 1.54) is 4.88 Å². The van der Waals surface area contributed by atoms with Crippen molar-refractivity contribution in [3.05, 3.63) is 11.1 Å². The lowest BCUT2D eigenvalue weighted by Gasteiger charge is -2.35. The highest BCUT2D eigenvalue weighted by atomic mass is 32.1. The van der Waals surface area contributed by atoms with Crippen LogP contribution in [0.5, 0.6) is 0 Å². The molecular formula is C14H25N3OS. The highest BCUT2D eigenvalue weighted by molar-refractivity contribution is 7.15. The molecule has 0 aliphatic carbocycles. The van der Waals surface area contributed by atoms with Crippen LogP contribution in [0.25, 0.3) is 0 Å². The van der Waals surface area contributed by atoms with Gasteiger partial charge in [-0.15, -0.1) is 11.3 Å². The molecule has 0 aromatic carbocycles. The third kappa shape index (κ3) is 4.44. The van der Waals surface area contributed by atoms with Crippen LogP contribution in [0.15, 0.2) is 6.20 Å². The first-order valence-electron chi connectivity index (χ1n) is 7.10. The smallest absolute Gasteiger partial charge is 0.185 e. The summed E-state index contributed by atoms with van der Waals surface area (Å²) < 4.78 is 5.76. The van der Waals surface area contributed by atoms with Crippen LogP contribution in [0.2, 0.25) is 0 Å². The topological polar surface area (TPSA) is 37.4 Å². The number of nitrogens with zero attached hydrogens (tertiary/aromatic N) is 2. The zero-order valence-corrected chi connectivity index (χ0v) is 13.2. The van der Waals surface area contributed by atoms with Gasteiger partial charge in [0.25, 0.3) is 0 Å². The zero-order valence-electron chi connectivity index (χ0n) is 12.3. The van der Waals surface area contributed by atoms with Gasteiger partial charge in [-0.2, -0.15) is 0 Å². The van der Waals surface area contributed by atoms with Gasteiger partial charge in [0.05, 0.1) is 12.2 Å². The summed E-state index contributed by atoms with van der Waals surface area (Å²) in [6.07, 6.45) is 2.57. The predicted molar refractivity (Wildman–Crippen MR) is 80.9 cm³/mol. The molecule has 2 heterocycles. The lowest BCUT2D eigenvalue weighted by molar-refractivity contribution is -0.00522. The SMILES string of the molecule is CC(C)CNCc1cnc(N2C[C@@H](C)O[C@@H](C)C2)s1. The van der Waals surface area contributed by atoms with E-state index in [1.54, 1.807) is 11.3 Å². The van der Waals surface area contributed by atoms with Crippen molar-refractivity contribution in [1.82, 2.24) is 10.3 Å². The molecule has 1 N–H and O–H groups in total. The highest BCUT2D eigenvalue weighted by Gasteiger charge is 2.24. The van der Waals surface area contributed by atoms with Gasteiger partial charge in [-0.3, -0.25) is 0 Å². The molecule has 0 spiro atoms. The molecule has 4 nitrogen and oxygen atoms in total. The Morgan fingerprint density at radius 3 is 2.74 bits per heavy atom. The second-order valence-electron chi connectivity index (χ2n) is 5.80. The zero-order chi connectivity index (χ0) is 13.8. The Labute approximate surface area is 120 Å². The van der Waals surface area contributed by atoms with Crippen molar-refractivity contribution in [1.29, 1.82) is 0 Å². The van der Waals surface area contributed by atoms with Crippen molar-refractivity contribution in [3.63, 3.8) is 0 Å². The minimum Gasteiger partial charge on any atom is -0.372 e. The Morgan fingerprint density at radius 1 is 1.42 bits per heavy atom. The fraction of sp³-hybridized carbons (Fsp3) is 0.786. The van der Waals surface area contributed by atoms with E-state index in [-0.39, 0.29) is 12.2 Å². The summed E-state index contributed by atoms with van der Waals surface area (Å²) in [6.45, 7) is 12.6. The second-order valence-corrected chi connectivity index (χ2v) is 6.89. The number of ether oxygens (including phenoxy) is 1. The monoisotopic (exact) mass is 283 g/mol. The summed E-state index contributed by atoms with van der Waals surface area (Å²) in [4.78, 5) is 8.21. The summed E-state index contributed by atoms with van der Waals surface area (Å²) in [5, 5.41) is 4.59. The minimum absolute atomic E-state index is 0.287. The molecular weight excluding hydrogens is 258 g/mol. The Balaban J connectivity index is 1.89. The maximum absolute atomic E-state index is 5.76. The standard InChI is InChI=1S/C14H25N3OS/c1-10(2)5-15-6-13-7-16-14(19-13)17-8-11(3)18-12(4)9-17/h7,10-12,15H,5-6,8-9H2,1-4H3/t11-,12+. The molecule has 5 heteroatoms. The Morgan fingerprint density at radius 2 is 2.11 bits per heavy atom. The molecule has 0 amide bonds. The predicted octanol–water partition coefficient (Wildman–Crippen LogP) is 2.50. The van der Waals surface area contributed by atoms with Gasteiger partial charge < -0.3 is 15.0 Å². The number of morpholine rings is 1. The Bertz CT molecular complexity index is 384. The third-order valence-electron chi connectivity index (χ3n) is 3.08. The van der Waals surface area contributed by atoms with Gasteiger partial charge in [0.2, 0.25) is 0 Å². The number of thiazole rings is 1. The van der Waals surface area contributed by atoms with Gasteiger partial charge in [0, 0.05) is 30.7 Å². The molecule has 1 fully saturated rings. The van der Waals surface area contributed by atoms with Crippen LogP contribution >= 0.6 is 11.3 Å². The second kappa shape index (κ2) is 6.68. The van der Waals surface area contributed by atoms with Crippen molar-refractivity contribution in [2.75, 3.05) is 24.5 Å². The molecule has 0 radical (unpaired) electrons. The van der Waals surface area contributed by atoms with Crippen molar-refractivity contribution in [3.8, 4) is 0 Å². The van der Waals surface area contributed by atoms with Crippen molar-refractivity contribution in [2.45, 2.75) is 46.4 Å². The van der Waals surface area contributed by atoms with Crippen LogP contribution in [0.1, 0.15) is 32.6 Å². The Kier molecular flexibility index (Phi) is 5.19. The van der Waals surface area contributed by atoms with E-state index in [4.69, 9.17) is 4.74 Å². The fourth-order valence-corrected chi connectivity index (χ4v) is 3.24. The van der Waals surface area contributed by atoms with Crippen LogP contribution in [-0.4, -0.2) is 36.8 Å². The summed E-state index contributed by atoms with van der Waals surface area (Å²) >= 11 is 1.79. The van der Waals surface area contributed by atoms with Crippen LogP contribution in [0, 0.1) is 5.92 Å². The molecule has 0 saturated carbocycles. The third-order valence-corrected chi connectivity index (χ3v) is 4.14.